The molecule has 1 aromatic carbocycles. The highest BCUT2D eigenvalue weighted by atomic mass is 19.4. The lowest BCUT2D eigenvalue weighted by Gasteiger charge is -2.57. The molecule has 1 saturated heterocycles. The van der Waals surface area contributed by atoms with Crippen LogP contribution in [0.15, 0.2) is 65.4 Å². The van der Waals surface area contributed by atoms with E-state index in [1.165, 1.54) is 0 Å². The predicted octanol–water partition coefficient (Wildman–Crippen LogP) is 5.19. The number of alkyl halides is 3. The van der Waals surface area contributed by atoms with Gasteiger partial charge in [-0.15, -0.1) is 0 Å². The van der Waals surface area contributed by atoms with E-state index in [2.05, 4.69) is 11.1 Å². The summed E-state index contributed by atoms with van der Waals surface area (Å²) in [6, 6.07) is 9.31. The molecule has 39 heavy (non-hydrogen) atoms. The number of aliphatic hydroxyl groups excluding tert-OH is 2. The average molecular weight is 539 g/mol. The molecule has 2 aliphatic heterocycles. The fraction of sp³-hybridized carbons (Fsp3) is 0.516. The van der Waals surface area contributed by atoms with E-state index in [1.54, 1.807) is 12.3 Å². The van der Waals surface area contributed by atoms with E-state index in [0.717, 1.165) is 22.0 Å². The number of benzene rings is 1. The largest absolute Gasteiger partial charge is 0.413 e. The molecule has 0 radical (unpaired) electrons. The summed E-state index contributed by atoms with van der Waals surface area (Å²) >= 11 is 0. The second-order valence-electron chi connectivity index (χ2n) is 12.5. The Morgan fingerprint density at radius 2 is 1.90 bits per heavy atom. The van der Waals surface area contributed by atoms with Gasteiger partial charge < -0.3 is 19.8 Å². The van der Waals surface area contributed by atoms with Gasteiger partial charge in [0, 0.05) is 34.5 Å². The fourth-order valence-electron chi connectivity index (χ4n) is 8.68. The summed E-state index contributed by atoms with van der Waals surface area (Å²) in [5.74, 6) is -0.188. The van der Waals surface area contributed by atoms with Gasteiger partial charge >= 0.3 is 6.18 Å². The lowest BCUT2D eigenvalue weighted by Crippen LogP contribution is -2.62. The number of pyridine rings is 1. The molecule has 3 heterocycles. The molecule has 7 rings (SSSR count). The first-order chi connectivity index (χ1) is 18.4. The van der Waals surface area contributed by atoms with E-state index in [-0.39, 0.29) is 24.0 Å². The van der Waals surface area contributed by atoms with Gasteiger partial charge in [-0.25, -0.2) is 0 Å². The number of nitrogens with zero attached hydrogens (tertiary/aromatic N) is 2. The van der Waals surface area contributed by atoms with Crippen molar-refractivity contribution in [3.05, 3.63) is 71.0 Å². The quantitative estimate of drug-likeness (QED) is 0.551. The molecule has 1 aromatic heterocycles. The van der Waals surface area contributed by atoms with Gasteiger partial charge in [-0.05, 0) is 80.6 Å². The first-order valence-corrected chi connectivity index (χ1v) is 13.7. The number of hydrogen-bond donors (Lipinski definition) is 2. The number of fused-ring (bicyclic) bond motifs is 2. The maximum atomic E-state index is 14.9. The molecule has 5 nitrogen and oxygen atoms in total. The van der Waals surface area contributed by atoms with Crippen molar-refractivity contribution in [2.45, 2.75) is 74.7 Å². The molecular weight excluding hydrogens is 505 g/mol. The lowest BCUT2D eigenvalue weighted by molar-refractivity contribution is -0.170. The molecule has 5 aliphatic rings. The topological polar surface area (TPSA) is 65.8 Å². The summed E-state index contributed by atoms with van der Waals surface area (Å²) in [7, 11) is 3.69. The normalized spacial score (nSPS) is 39.4. The summed E-state index contributed by atoms with van der Waals surface area (Å²) < 4.78 is 51.7. The van der Waals surface area contributed by atoms with Crippen LogP contribution >= 0.6 is 0 Å². The van der Waals surface area contributed by atoms with E-state index in [9.17, 15) is 23.4 Å². The number of ether oxygens (including phenoxy) is 1. The highest BCUT2D eigenvalue weighted by Gasteiger charge is 2.69. The van der Waals surface area contributed by atoms with E-state index in [0.29, 0.717) is 31.3 Å². The van der Waals surface area contributed by atoms with Crippen molar-refractivity contribution in [3.8, 4) is 0 Å². The van der Waals surface area contributed by atoms with Gasteiger partial charge in [-0.1, -0.05) is 37.3 Å². The Balaban J connectivity index is 1.42. The first-order valence-electron chi connectivity index (χ1n) is 13.7. The van der Waals surface area contributed by atoms with Crippen LogP contribution in [0.2, 0.25) is 0 Å². The summed E-state index contributed by atoms with van der Waals surface area (Å²) in [6.07, 6.45) is 0.312. The Morgan fingerprint density at radius 1 is 1.10 bits per heavy atom. The highest BCUT2D eigenvalue weighted by molar-refractivity contribution is 5.94. The number of allylic oxidation sites excluding steroid dienone is 3. The molecule has 0 amide bonds. The Labute approximate surface area is 225 Å². The molecule has 2 fully saturated rings. The summed E-state index contributed by atoms with van der Waals surface area (Å²) in [5, 5.41) is 23.0. The number of likely N-dealkylation sites (N-methyl/N-ethyl adjacent to an activating group) is 1. The maximum Gasteiger partial charge on any atom is 0.413 e. The van der Waals surface area contributed by atoms with Crippen LogP contribution in [0.25, 0.3) is 16.5 Å². The second kappa shape index (κ2) is 8.03. The first kappa shape index (κ1) is 25.4. The van der Waals surface area contributed by atoms with Gasteiger partial charge in [-0.2, -0.15) is 13.2 Å². The van der Waals surface area contributed by atoms with Crippen LogP contribution in [-0.4, -0.2) is 69.8 Å². The van der Waals surface area contributed by atoms with Crippen LogP contribution in [0.5, 0.6) is 0 Å². The minimum absolute atomic E-state index is 0.157. The van der Waals surface area contributed by atoms with Gasteiger partial charge in [0.2, 0.25) is 0 Å². The number of aliphatic hydroxyl groups is 2. The van der Waals surface area contributed by atoms with Crippen molar-refractivity contribution in [3.63, 3.8) is 0 Å². The molecule has 2 spiro atoms. The Morgan fingerprint density at radius 3 is 2.64 bits per heavy atom. The third-order valence-electron chi connectivity index (χ3n) is 10.5. The Hall–Kier alpha value is -2.52. The molecule has 7 unspecified atom stereocenters. The number of aromatic nitrogens is 1. The number of hydrogen-bond acceptors (Lipinski definition) is 5. The summed E-state index contributed by atoms with van der Waals surface area (Å²) in [5.41, 5.74) is -0.164. The van der Waals surface area contributed by atoms with Gasteiger partial charge in [-0.3, -0.25) is 4.98 Å². The van der Waals surface area contributed by atoms with Crippen LogP contribution in [0.3, 0.4) is 0 Å². The Kier molecular flexibility index (Phi) is 5.24. The minimum Gasteiger partial charge on any atom is -0.388 e. The van der Waals surface area contributed by atoms with Gasteiger partial charge in [0.1, 0.15) is 6.10 Å². The van der Waals surface area contributed by atoms with E-state index >= 15 is 0 Å². The third kappa shape index (κ3) is 3.26. The molecule has 206 valence electrons. The average Bonchev–Trinajstić information content (AvgIpc) is 3.40. The maximum absolute atomic E-state index is 14.9. The van der Waals surface area contributed by atoms with Crippen LogP contribution in [0.1, 0.15) is 44.6 Å². The van der Waals surface area contributed by atoms with Gasteiger partial charge in [0.25, 0.3) is 0 Å². The van der Waals surface area contributed by atoms with Crippen molar-refractivity contribution in [2.24, 2.45) is 11.3 Å². The lowest BCUT2D eigenvalue weighted by atomic mass is 9.56. The molecule has 7 atom stereocenters. The summed E-state index contributed by atoms with van der Waals surface area (Å²) in [6.45, 7) is 1.97. The predicted molar refractivity (Wildman–Crippen MR) is 142 cm³/mol. The molecule has 2 N–H and O–H groups in total. The van der Waals surface area contributed by atoms with Crippen LogP contribution in [0, 0.1) is 11.3 Å². The minimum atomic E-state index is -4.56. The molecule has 1 saturated carbocycles. The van der Waals surface area contributed by atoms with E-state index < -0.39 is 40.6 Å². The monoisotopic (exact) mass is 538 g/mol. The van der Waals surface area contributed by atoms with Crippen molar-refractivity contribution in [1.82, 2.24) is 9.88 Å². The molecule has 2 aromatic rings. The van der Waals surface area contributed by atoms with Gasteiger partial charge in [0.05, 0.1) is 22.8 Å². The van der Waals surface area contributed by atoms with Crippen LogP contribution in [-0.2, 0) is 4.74 Å². The second-order valence-corrected chi connectivity index (χ2v) is 12.5. The fourth-order valence-corrected chi connectivity index (χ4v) is 8.68. The van der Waals surface area contributed by atoms with Crippen molar-refractivity contribution < 1.29 is 28.1 Å². The van der Waals surface area contributed by atoms with E-state index in [4.69, 9.17) is 4.74 Å². The van der Waals surface area contributed by atoms with Crippen molar-refractivity contribution >= 4 is 16.5 Å². The van der Waals surface area contributed by atoms with E-state index in [1.807, 2.05) is 56.3 Å². The number of rotatable bonds is 2. The summed E-state index contributed by atoms with van der Waals surface area (Å²) in [4.78, 5) is 6.35. The zero-order valence-corrected chi connectivity index (χ0v) is 22.3. The number of halogens is 3. The van der Waals surface area contributed by atoms with Crippen molar-refractivity contribution in [1.29, 1.82) is 0 Å². The van der Waals surface area contributed by atoms with Gasteiger partial charge in [0.15, 0.2) is 0 Å². The Bertz CT molecular complexity index is 1470. The zero-order valence-electron chi connectivity index (χ0n) is 22.3. The molecule has 8 heteroatoms. The SMILES string of the molecule is CN(C)C1CC23CCC4(O2)C(=C(C(F)(F)F)CC2(C)C(c5cccc6ncccc56)=CCC24)C=C3C(O)C1O. The van der Waals surface area contributed by atoms with Crippen LogP contribution < -0.4 is 0 Å². The van der Waals surface area contributed by atoms with Crippen molar-refractivity contribution in [2.75, 3.05) is 14.1 Å². The van der Waals surface area contributed by atoms with Crippen LogP contribution in [0.4, 0.5) is 13.2 Å². The zero-order chi connectivity index (χ0) is 27.5. The molecule has 2 bridgehead atoms. The smallest absolute Gasteiger partial charge is 0.388 e. The highest BCUT2D eigenvalue weighted by Crippen LogP contribution is 2.70. The molecular formula is C31H33F3N2O3. The third-order valence-corrected chi connectivity index (χ3v) is 10.5. The standard InChI is InChI=1S/C31H33F3N2O3/c1-28-15-22(31(32,33)34)20-14-21-26(37)27(38)24(36(2)3)16-29(21)11-12-30(20,39-29)25(28)10-9-19(28)17-6-4-8-23-18(17)7-5-13-35-23/h4-9,13-14,24-27,37-38H,10-12,15-16H2,1-3H3. The molecule has 3 aliphatic carbocycles.